The smallest absolute Gasteiger partial charge is 0.271 e. The van der Waals surface area contributed by atoms with E-state index in [4.69, 9.17) is 14.5 Å². The standard InChI is InChI=1S/C31H29N3O4S/c1-19(2)38-25-14-10-21(11-15-25)18-26-30(36)34-28(22-12-16-24(37-4)17-13-22)27(20(3)32-31(34)39-26)29(35)33-23-8-6-5-7-9-23/h5-19,28H,1-4H3,(H,33,35)/t28-/m1/s1. The van der Waals surface area contributed by atoms with Crippen LogP contribution in [0.15, 0.2) is 99.9 Å². The number of fused-ring (bicyclic) bond motifs is 1. The molecule has 1 aromatic heterocycles. The lowest BCUT2D eigenvalue weighted by molar-refractivity contribution is -0.113. The van der Waals surface area contributed by atoms with Crippen LogP contribution in [-0.2, 0) is 4.79 Å². The van der Waals surface area contributed by atoms with Gasteiger partial charge >= 0.3 is 0 Å². The van der Waals surface area contributed by atoms with E-state index >= 15 is 0 Å². The van der Waals surface area contributed by atoms with Crippen LogP contribution in [0.3, 0.4) is 0 Å². The lowest BCUT2D eigenvalue weighted by Crippen LogP contribution is -2.40. The number of carbonyl (C=O) groups is 1. The fourth-order valence-corrected chi connectivity index (χ4v) is 5.55. The predicted molar refractivity (Wildman–Crippen MR) is 154 cm³/mol. The zero-order valence-corrected chi connectivity index (χ0v) is 23.0. The maximum Gasteiger partial charge on any atom is 0.271 e. The third-order valence-corrected chi connectivity index (χ3v) is 7.26. The first-order valence-corrected chi connectivity index (χ1v) is 13.5. The predicted octanol–water partition coefficient (Wildman–Crippen LogP) is 4.67. The number of hydrogen-bond donors (Lipinski definition) is 1. The van der Waals surface area contributed by atoms with Crippen molar-refractivity contribution in [2.24, 2.45) is 4.99 Å². The number of aromatic nitrogens is 1. The van der Waals surface area contributed by atoms with E-state index in [9.17, 15) is 9.59 Å². The van der Waals surface area contributed by atoms with Gasteiger partial charge in [0.2, 0.25) is 0 Å². The third-order valence-electron chi connectivity index (χ3n) is 6.28. The molecule has 1 amide bonds. The molecule has 4 aromatic rings. The molecule has 0 saturated carbocycles. The molecule has 1 N–H and O–H groups in total. The zero-order valence-electron chi connectivity index (χ0n) is 22.2. The van der Waals surface area contributed by atoms with Crippen molar-refractivity contribution in [2.75, 3.05) is 12.4 Å². The van der Waals surface area contributed by atoms with Gasteiger partial charge < -0.3 is 14.8 Å². The summed E-state index contributed by atoms with van der Waals surface area (Å²) in [6.45, 7) is 5.76. The number of hydrogen-bond acceptors (Lipinski definition) is 6. The molecule has 8 heteroatoms. The maximum atomic E-state index is 13.8. The van der Waals surface area contributed by atoms with Crippen molar-refractivity contribution in [2.45, 2.75) is 32.9 Å². The number of amides is 1. The molecular weight excluding hydrogens is 510 g/mol. The number of anilines is 1. The summed E-state index contributed by atoms with van der Waals surface area (Å²) >= 11 is 1.31. The Kier molecular flexibility index (Phi) is 7.47. The molecule has 0 fully saturated rings. The van der Waals surface area contributed by atoms with Crippen LogP contribution in [0.5, 0.6) is 11.5 Å². The first-order valence-electron chi connectivity index (χ1n) is 12.6. The Bertz CT molecular complexity index is 1700. The molecule has 0 unspecified atom stereocenters. The minimum absolute atomic E-state index is 0.0778. The lowest BCUT2D eigenvalue weighted by atomic mass is 9.95. The van der Waals surface area contributed by atoms with Gasteiger partial charge in [0.1, 0.15) is 11.5 Å². The quantitative estimate of drug-likeness (QED) is 0.370. The summed E-state index contributed by atoms with van der Waals surface area (Å²) in [5.41, 5.74) is 3.09. The SMILES string of the molecule is COc1ccc([C@@H]2C(C(=O)Nc3ccccc3)=C(C)N=c3sc(=Cc4ccc(OC(C)C)cc4)c(=O)n32)cc1. The highest BCUT2D eigenvalue weighted by atomic mass is 32.1. The number of para-hydroxylation sites is 1. The second kappa shape index (κ2) is 11.1. The summed E-state index contributed by atoms with van der Waals surface area (Å²) in [6, 6.07) is 23.6. The van der Waals surface area contributed by atoms with Gasteiger partial charge in [0.25, 0.3) is 11.5 Å². The summed E-state index contributed by atoms with van der Waals surface area (Å²) in [5, 5.41) is 2.97. The number of benzene rings is 3. The number of allylic oxidation sites excluding steroid dienone is 1. The first-order chi connectivity index (χ1) is 18.8. The topological polar surface area (TPSA) is 81.9 Å². The Morgan fingerprint density at radius 3 is 2.31 bits per heavy atom. The number of carbonyl (C=O) groups excluding carboxylic acids is 1. The normalized spacial score (nSPS) is 15.1. The second-order valence-corrected chi connectivity index (χ2v) is 10.4. The number of methoxy groups -OCH3 is 1. The van der Waals surface area contributed by atoms with E-state index in [0.717, 1.165) is 16.9 Å². The monoisotopic (exact) mass is 539 g/mol. The van der Waals surface area contributed by atoms with Gasteiger partial charge in [-0.25, -0.2) is 4.99 Å². The van der Waals surface area contributed by atoms with E-state index in [1.807, 2.05) is 98.8 Å². The molecule has 0 spiro atoms. The van der Waals surface area contributed by atoms with Gasteiger partial charge in [-0.15, -0.1) is 0 Å². The van der Waals surface area contributed by atoms with Crippen molar-refractivity contribution in [1.82, 2.24) is 4.57 Å². The molecule has 0 aliphatic carbocycles. The maximum absolute atomic E-state index is 13.8. The van der Waals surface area contributed by atoms with Gasteiger partial charge in [-0.3, -0.25) is 14.2 Å². The summed E-state index contributed by atoms with van der Waals surface area (Å²) < 4.78 is 13.2. The van der Waals surface area contributed by atoms with Gasteiger partial charge in [0, 0.05) is 5.69 Å². The number of nitrogens with one attached hydrogen (secondary N) is 1. The molecule has 1 aliphatic heterocycles. The molecule has 1 atom stereocenters. The number of ether oxygens (including phenoxy) is 2. The van der Waals surface area contributed by atoms with Gasteiger partial charge in [-0.1, -0.05) is 53.8 Å². The van der Waals surface area contributed by atoms with Crippen molar-refractivity contribution in [3.05, 3.63) is 121 Å². The second-order valence-electron chi connectivity index (χ2n) is 9.41. The summed E-state index contributed by atoms with van der Waals surface area (Å²) in [6.07, 6.45) is 1.92. The van der Waals surface area contributed by atoms with Crippen LogP contribution >= 0.6 is 11.3 Å². The zero-order chi connectivity index (χ0) is 27.5. The Balaban J connectivity index is 1.61. The van der Waals surface area contributed by atoms with E-state index < -0.39 is 6.04 Å². The molecule has 2 heterocycles. The van der Waals surface area contributed by atoms with Crippen LogP contribution in [0.4, 0.5) is 5.69 Å². The highest BCUT2D eigenvalue weighted by Gasteiger charge is 2.32. The molecule has 1 aliphatic rings. The fraction of sp³-hybridized carbons (Fsp3) is 0.194. The van der Waals surface area contributed by atoms with Crippen LogP contribution < -0.4 is 29.7 Å². The average Bonchev–Trinajstić information content (AvgIpc) is 3.23. The van der Waals surface area contributed by atoms with Gasteiger partial charge in [0.15, 0.2) is 4.80 Å². The van der Waals surface area contributed by atoms with E-state index in [1.165, 1.54) is 11.3 Å². The third kappa shape index (κ3) is 5.56. The van der Waals surface area contributed by atoms with Gasteiger partial charge in [-0.05, 0) is 74.4 Å². The highest BCUT2D eigenvalue weighted by Crippen LogP contribution is 2.31. The van der Waals surface area contributed by atoms with Crippen molar-refractivity contribution in [1.29, 1.82) is 0 Å². The molecule has 7 nitrogen and oxygen atoms in total. The minimum atomic E-state index is -0.653. The van der Waals surface area contributed by atoms with Crippen LogP contribution in [0.2, 0.25) is 0 Å². The Labute approximate surface area is 230 Å². The molecule has 0 bridgehead atoms. The van der Waals surface area contributed by atoms with Crippen LogP contribution in [0.25, 0.3) is 6.08 Å². The molecule has 198 valence electrons. The Hall–Kier alpha value is -4.43. The number of nitrogens with zero attached hydrogens (tertiary/aromatic N) is 2. The Morgan fingerprint density at radius 1 is 1.00 bits per heavy atom. The lowest BCUT2D eigenvalue weighted by Gasteiger charge is -2.25. The summed E-state index contributed by atoms with van der Waals surface area (Å²) in [4.78, 5) is 32.7. The molecule has 0 radical (unpaired) electrons. The van der Waals surface area contributed by atoms with Crippen molar-refractivity contribution in [3.63, 3.8) is 0 Å². The molecular formula is C31H29N3O4S. The van der Waals surface area contributed by atoms with Gasteiger partial charge in [-0.2, -0.15) is 0 Å². The summed E-state index contributed by atoms with van der Waals surface area (Å²) in [5.74, 6) is 1.15. The number of thiazole rings is 1. The summed E-state index contributed by atoms with van der Waals surface area (Å²) in [7, 11) is 1.60. The van der Waals surface area contributed by atoms with Crippen LogP contribution in [-0.4, -0.2) is 23.7 Å². The first kappa shape index (κ1) is 26.2. The molecule has 3 aromatic carbocycles. The minimum Gasteiger partial charge on any atom is -0.497 e. The highest BCUT2D eigenvalue weighted by molar-refractivity contribution is 7.07. The fourth-order valence-electron chi connectivity index (χ4n) is 4.50. The average molecular weight is 540 g/mol. The largest absolute Gasteiger partial charge is 0.497 e. The van der Waals surface area contributed by atoms with Crippen molar-refractivity contribution >= 4 is 29.0 Å². The van der Waals surface area contributed by atoms with E-state index in [2.05, 4.69) is 5.32 Å². The van der Waals surface area contributed by atoms with Gasteiger partial charge in [0.05, 0.1) is 35.1 Å². The van der Waals surface area contributed by atoms with E-state index in [1.54, 1.807) is 18.6 Å². The van der Waals surface area contributed by atoms with E-state index in [-0.39, 0.29) is 17.6 Å². The van der Waals surface area contributed by atoms with E-state index in [0.29, 0.717) is 32.0 Å². The van der Waals surface area contributed by atoms with Crippen LogP contribution in [0, 0.1) is 0 Å². The molecule has 5 rings (SSSR count). The molecule has 39 heavy (non-hydrogen) atoms. The molecule has 0 saturated heterocycles. The number of rotatable bonds is 7. The van der Waals surface area contributed by atoms with Crippen molar-refractivity contribution < 1.29 is 14.3 Å². The van der Waals surface area contributed by atoms with Crippen LogP contribution in [0.1, 0.15) is 37.9 Å². The van der Waals surface area contributed by atoms with Crippen molar-refractivity contribution in [3.8, 4) is 11.5 Å². The Morgan fingerprint density at radius 2 is 1.67 bits per heavy atom.